The number of halogens is 1. The summed E-state index contributed by atoms with van der Waals surface area (Å²) in [4.78, 5) is 35.3. The zero-order chi connectivity index (χ0) is 30.6. The summed E-state index contributed by atoms with van der Waals surface area (Å²) in [7, 11) is -4.32. The molecule has 1 aliphatic rings. The van der Waals surface area contributed by atoms with E-state index in [9.17, 15) is 23.7 Å². The van der Waals surface area contributed by atoms with Crippen LogP contribution in [0.15, 0.2) is 71.8 Å². The number of rotatable bonds is 12. The average Bonchev–Trinajstić information content (AvgIpc) is 3.55. The number of nitrogens with one attached hydrogen (secondary N) is 2. The molecule has 5 N–H and O–H groups in total. The number of aliphatic hydroxyl groups excluding tert-OH is 1. The van der Waals surface area contributed by atoms with Crippen molar-refractivity contribution in [1.82, 2.24) is 24.6 Å². The topological polar surface area (TPSA) is 193 Å². The van der Waals surface area contributed by atoms with Crippen LogP contribution in [0.3, 0.4) is 0 Å². The van der Waals surface area contributed by atoms with E-state index < -0.39 is 63.0 Å². The molecular formula is C27H30FN6O8P. The summed E-state index contributed by atoms with van der Waals surface area (Å²) in [5.41, 5.74) is 5.79. The maximum atomic E-state index is 14.2. The minimum Gasteiger partial charge on any atom is -0.460 e. The number of nitrogen functional groups attached to an aromatic ring is 1. The van der Waals surface area contributed by atoms with Gasteiger partial charge in [0.05, 0.1) is 25.7 Å². The lowest BCUT2D eigenvalue weighted by atomic mass is 10.0. The van der Waals surface area contributed by atoms with Gasteiger partial charge in [-0.25, -0.2) is 9.55 Å². The summed E-state index contributed by atoms with van der Waals surface area (Å²) in [5.74, 6) is -1.85. The van der Waals surface area contributed by atoms with Crippen LogP contribution < -0.4 is 20.9 Å². The Morgan fingerprint density at radius 1 is 1.23 bits per heavy atom. The Labute approximate surface area is 244 Å². The first kappa shape index (κ1) is 30.3. The Kier molecular flexibility index (Phi) is 9.18. The van der Waals surface area contributed by atoms with E-state index in [0.717, 1.165) is 5.56 Å². The molecule has 0 saturated carbocycles. The van der Waals surface area contributed by atoms with Crippen LogP contribution in [-0.4, -0.2) is 62.1 Å². The molecule has 1 fully saturated rings. The molecule has 5 rings (SSSR count). The van der Waals surface area contributed by atoms with Crippen LogP contribution in [0, 0.1) is 5.92 Å². The van der Waals surface area contributed by atoms with Crippen molar-refractivity contribution in [2.45, 2.75) is 38.0 Å². The Balaban J connectivity index is 1.31. The maximum absolute atomic E-state index is 14.2. The third-order valence-corrected chi connectivity index (χ3v) is 8.38. The van der Waals surface area contributed by atoms with E-state index in [1.807, 2.05) is 6.07 Å². The lowest BCUT2D eigenvalue weighted by Gasteiger charge is -2.25. The van der Waals surface area contributed by atoms with Crippen molar-refractivity contribution in [1.29, 1.82) is 0 Å². The summed E-state index contributed by atoms with van der Waals surface area (Å²) in [6, 6.07) is 16.0. The number of aromatic amines is 1. The fraction of sp³-hybridized carbons (Fsp3) is 0.333. The molecule has 2 aromatic heterocycles. The van der Waals surface area contributed by atoms with E-state index in [1.165, 1.54) is 30.0 Å². The predicted molar refractivity (Wildman–Crippen MR) is 151 cm³/mol. The van der Waals surface area contributed by atoms with Crippen molar-refractivity contribution in [2.75, 3.05) is 19.0 Å². The molecule has 4 aromatic rings. The zero-order valence-corrected chi connectivity index (χ0v) is 23.8. The number of fused-ring (bicyclic) bond motifs is 1. The lowest BCUT2D eigenvalue weighted by molar-refractivity contribution is -0.146. The molecule has 0 spiro atoms. The second-order valence-electron chi connectivity index (χ2n) is 9.79. The number of ether oxygens (including phenoxy) is 2. The van der Waals surface area contributed by atoms with Crippen molar-refractivity contribution in [2.24, 2.45) is 5.92 Å². The third kappa shape index (κ3) is 6.92. The molecule has 16 heteroatoms. The van der Waals surface area contributed by atoms with Gasteiger partial charge in [0.2, 0.25) is 5.95 Å². The van der Waals surface area contributed by atoms with E-state index in [0.29, 0.717) is 0 Å². The molecule has 14 nitrogen and oxygen atoms in total. The molecule has 0 aliphatic carbocycles. The number of para-hydroxylation sites is 1. The van der Waals surface area contributed by atoms with Crippen LogP contribution in [0.4, 0.5) is 10.3 Å². The van der Waals surface area contributed by atoms with Gasteiger partial charge in [0.1, 0.15) is 24.5 Å². The van der Waals surface area contributed by atoms with Gasteiger partial charge in [0.25, 0.3) is 5.56 Å². The number of hydrogen-bond donors (Lipinski definition) is 4. The number of aliphatic hydroxyl groups is 1. The average molecular weight is 617 g/mol. The molecule has 1 unspecified atom stereocenters. The highest BCUT2D eigenvalue weighted by atomic mass is 31.2. The number of imidazole rings is 1. The van der Waals surface area contributed by atoms with Crippen molar-refractivity contribution >= 4 is 30.8 Å². The summed E-state index contributed by atoms with van der Waals surface area (Å²) in [6.45, 7) is -0.0979. The van der Waals surface area contributed by atoms with E-state index in [2.05, 4.69) is 20.0 Å². The van der Waals surface area contributed by atoms with Gasteiger partial charge in [-0.05, 0) is 24.6 Å². The SMILES string of the molecule is C[C@@H](NP(=O)(OC[C@H]1O[C@@H](n2cnc3c(=O)[nH]c(N)nc32)[C@H](O)[C@@H]1CF)Oc1ccccc1)C(=O)OCc1ccccc1. The molecule has 1 aliphatic heterocycles. The number of carbonyl (C=O) groups is 1. The maximum Gasteiger partial charge on any atom is 0.459 e. The standard InChI is InChI=1S/C27H30FN6O8P/c1-16(26(37)39-13-17-8-4-2-5-9-17)33-43(38,42-18-10-6-3-7-11-18)40-14-20-19(12-28)22(35)25(41-20)34-15-30-21-23(34)31-27(29)32-24(21)36/h2-11,15-16,19-20,22,25,35H,12-14H2,1H3,(H,33,38)(H3,29,31,32,36)/t16-,19-,20-,22-,25-,43?/m1/s1. The number of hydrogen-bond acceptors (Lipinski definition) is 11. The Bertz CT molecular complexity index is 1660. The lowest BCUT2D eigenvalue weighted by Crippen LogP contribution is -2.36. The molecular weight excluding hydrogens is 586 g/mol. The number of anilines is 1. The number of esters is 1. The first-order valence-electron chi connectivity index (χ1n) is 13.3. The van der Waals surface area contributed by atoms with Gasteiger partial charge in [0.15, 0.2) is 17.4 Å². The second-order valence-corrected chi connectivity index (χ2v) is 11.5. The number of H-pyrrole nitrogens is 1. The smallest absolute Gasteiger partial charge is 0.459 e. The molecule has 6 atom stereocenters. The molecule has 2 aromatic carbocycles. The van der Waals surface area contributed by atoms with Gasteiger partial charge >= 0.3 is 13.7 Å². The fourth-order valence-corrected chi connectivity index (χ4v) is 6.03. The van der Waals surface area contributed by atoms with Gasteiger partial charge in [-0.3, -0.25) is 28.1 Å². The minimum atomic E-state index is -4.32. The Hall–Kier alpha value is -4.14. The van der Waals surface area contributed by atoms with Crippen molar-refractivity contribution < 1.29 is 37.4 Å². The number of aromatic nitrogens is 4. The van der Waals surface area contributed by atoms with Gasteiger partial charge in [0, 0.05) is 5.92 Å². The van der Waals surface area contributed by atoms with Crippen molar-refractivity contribution in [3.05, 3.63) is 82.9 Å². The molecule has 3 heterocycles. The van der Waals surface area contributed by atoms with Crippen LogP contribution in [-0.2, 0) is 30.0 Å². The van der Waals surface area contributed by atoms with Crippen LogP contribution >= 0.6 is 7.75 Å². The number of carbonyl (C=O) groups excluding carboxylic acids is 1. The predicted octanol–water partition coefficient (Wildman–Crippen LogP) is 2.47. The summed E-state index contributed by atoms with van der Waals surface area (Å²) in [5, 5.41) is 13.5. The van der Waals surface area contributed by atoms with E-state index in [-0.39, 0.29) is 29.5 Å². The van der Waals surface area contributed by atoms with Crippen LogP contribution in [0.5, 0.6) is 5.75 Å². The van der Waals surface area contributed by atoms with Crippen LogP contribution in [0.2, 0.25) is 0 Å². The van der Waals surface area contributed by atoms with Gasteiger partial charge in [-0.2, -0.15) is 10.1 Å². The Morgan fingerprint density at radius 2 is 1.93 bits per heavy atom. The van der Waals surface area contributed by atoms with E-state index in [4.69, 9.17) is 24.3 Å². The monoisotopic (exact) mass is 616 g/mol. The van der Waals surface area contributed by atoms with Crippen molar-refractivity contribution in [3.63, 3.8) is 0 Å². The number of nitrogens with two attached hydrogens (primary N) is 1. The second kappa shape index (κ2) is 13.0. The summed E-state index contributed by atoms with van der Waals surface area (Å²) < 4.78 is 51.9. The molecule has 0 amide bonds. The number of benzene rings is 2. The van der Waals surface area contributed by atoms with Gasteiger partial charge in [-0.1, -0.05) is 48.5 Å². The van der Waals surface area contributed by atoms with Gasteiger partial charge < -0.3 is 24.8 Å². The zero-order valence-electron chi connectivity index (χ0n) is 22.9. The molecule has 0 bridgehead atoms. The number of nitrogens with zero attached hydrogens (tertiary/aromatic N) is 3. The van der Waals surface area contributed by atoms with Crippen LogP contribution in [0.25, 0.3) is 11.2 Å². The van der Waals surface area contributed by atoms with E-state index >= 15 is 0 Å². The first-order chi connectivity index (χ1) is 20.7. The van der Waals surface area contributed by atoms with Crippen molar-refractivity contribution in [3.8, 4) is 5.75 Å². The normalized spacial score (nSPS) is 22.2. The number of alkyl halides is 1. The Morgan fingerprint density at radius 3 is 2.63 bits per heavy atom. The third-order valence-electron chi connectivity index (χ3n) is 6.73. The van der Waals surface area contributed by atoms with Gasteiger partial charge in [-0.15, -0.1) is 0 Å². The highest BCUT2D eigenvalue weighted by Gasteiger charge is 2.47. The largest absolute Gasteiger partial charge is 0.460 e. The van der Waals surface area contributed by atoms with E-state index in [1.54, 1.807) is 42.5 Å². The molecule has 1 saturated heterocycles. The summed E-state index contributed by atoms with van der Waals surface area (Å²) in [6.07, 6.45) is -2.56. The minimum absolute atomic E-state index is 0.000920. The highest BCUT2D eigenvalue weighted by molar-refractivity contribution is 7.52. The molecule has 43 heavy (non-hydrogen) atoms. The van der Waals surface area contributed by atoms with Crippen LogP contribution in [0.1, 0.15) is 18.7 Å². The first-order valence-corrected chi connectivity index (χ1v) is 14.8. The molecule has 0 radical (unpaired) electrons. The quantitative estimate of drug-likeness (QED) is 0.134. The summed E-state index contributed by atoms with van der Waals surface area (Å²) >= 11 is 0. The molecule has 228 valence electrons. The highest BCUT2D eigenvalue weighted by Crippen LogP contribution is 2.46. The fourth-order valence-electron chi connectivity index (χ4n) is 4.53.